The third-order valence-corrected chi connectivity index (χ3v) is 3.40. The van der Waals surface area contributed by atoms with Gasteiger partial charge in [0.1, 0.15) is 0 Å². The summed E-state index contributed by atoms with van der Waals surface area (Å²) < 4.78 is 2.26. The maximum absolute atomic E-state index is 4.30. The Balaban J connectivity index is 2.21. The second kappa shape index (κ2) is 4.42. The lowest BCUT2D eigenvalue weighted by atomic mass is 9.86. The summed E-state index contributed by atoms with van der Waals surface area (Å²) in [6.45, 7) is 9.71. The molecular weight excluding hydrogens is 198 g/mol. The quantitative estimate of drug-likeness (QED) is 0.789. The van der Waals surface area contributed by atoms with Crippen molar-refractivity contribution in [3.05, 3.63) is 29.9 Å². The van der Waals surface area contributed by atoms with E-state index in [2.05, 4.69) is 41.7 Å². The molecule has 0 radical (unpaired) electrons. The van der Waals surface area contributed by atoms with Crippen LogP contribution in [0.25, 0.3) is 0 Å². The first-order valence-electron chi connectivity index (χ1n) is 5.96. The van der Waals surface area contributed by atoms with E-state index in [0.717, 1.165) is 19.6 Å². The normalized spacial score (nSPS) is 24.7. The van der Waals surface area contributed by atoms with Crippen LogP contribution in [0.2, 0.25) is 0 Å². The van der Waals surface area contributed by atoms with Gasteiger partial charge in [0.05, 0.1) is 6.33 Å². The molecule has 1 fully saturated rings. The molecule has 1 aromatic rings. The van der Waals surface area contributed by atoms with Crippen LogP contribution in [0.4, 0.5) is 0 Å². The van der Waals surface area contributed by atoms with Crippen LogP contribution in [0.5, 0.6) is 0 Å². The van der Waals surface area contributed by atoms with Gasteiger partial charge in [-0.05, 0) is 26.8 Å². The van der Waals surface area contributed by atoms with Gasteiger partial charge in [-0.2, -0.15) is 0 Å². The number of allylic oxidation sites excluding steroid dienone is 2. The standard InChI is InChI=1S/C13H21N3/c1-11(2)4-7-16-10-15-8-12(16)13(3)5-6-14-9-13/h4,8,10,14H,5-7,9H2,1-3H3. The Hall–Kier alpha value is -1.09. The van der Waals surface area contributed by atoms with Crippen molar-refractivity contribution in [1.29, 1.82) is 0 Å². The number of hydrogen-bond donors (Lipinski definition) is 1. The highest BCUT2D eigenvalue weighted by Gasteiger charge is 2.33. The van der Waals surface area contributed by atoms with Crippen LogP contribution in [0.3, 0.4) is 0 Å². The van der Waals surface area contributed by atoms with E-state index >= 15 is 0 Å². The summed E-state index contributed by atoms with van der Waals surface area (Å²) in [6, 6.07) is 0. The number of nitrogens with one attached hydrogen (secondary N) is 1. The van der Waals surface area contributed by atoms with Crippen LogP contribution >= 0.6 is 0 Å². The van der Waals surface area contributed by atoms with Crippen LogP contribution < -0.4 is 5.32 Å². The van der Waals surface area contributed by atoms with Crippen molar-refractivity contribution in [1.82, 2.24) is 14.9 Å². The first kappa shape index (κ1) is 11.4. The Kier molecular flexibility index (Phi) is 3.15. The molecule has 0 aliphatic carbocycles. The van der Waals surface area contributed by atoms with E-state index in [4.69, 9.17) is 0 Å². The number of imidazole rings is 1. The average Bonchev–Trinajstić information content (AvgIpc) is 2.83. The molecule has 1 aromatic heterocycles. The maximum atomic E-state index is 4.30. The molecule has 1 atom stereocenters. The molecule has 1 aliphatic heterocycles. The van der Waals surface area contributed by atoms with Crippen molar-refractivity contribution < 1.29 is 0 Å². The van der Waals surface area contributed by atoms with Gasteiger partial charge in [0.15, 0.2) is 0 Å². The van der Waals surface area contributed by atoms with Crippen molar-refractivity contribution in [2.75, 3.05) is 13.1 Å². The number of rotatable bonds is 3. The van der Waals surface area contributed by atoms with Gasteiger partial charge in [0, 0.05) is 30.4 Å². The molecule has 0 bridgehead atoms. The monoisotopic (exact) mass is 219 g/mol. The van der Waals surface area contributed by atoms with E-state index < -0.39 is 0 Å². The topological polar surface area (TPSA) is 29.9 Å². The fraction of sp³-hybridized carbons (Fsp3) is 0.615. The molecule has 1 unspecified atom stereocenters. The van der Waals surface area contributed by atoms with Gasteiger partial charge < -0.3 is 9.88 Å². The summed E-state index contributed by atoms with van der Waals surface area (Å²) in [4.78, 5) is 4.30. The van der Waals surface area contributed by atoms with Gasteiger partial charge in [-0.3, -0.25) is 0 Å². The molecule has 88 valence electrons. The highest BCUT2D eigenvalue weighted by Crippen LogP contribution is 2.29. The van der Waals surface area contributed by atoms with Gasteiger partial charge in [0.25, 0.3) is 0 Å². The fourth-order valence-corrected chi connectivity index (χ4v) is 2.29. The van der Waals surface area contributed by atoms with Crippen molar-refractivity contribution in [3.63, 3.8) is 0 Å². The molecule has 0 saturated carbocycles. The minimum atomic E-state index is 0.256. The van der Waals surface area contributed by atoms with Crippen molar-refractivity contribution in [2.24, 2.45) is 0 Å². The van der Waals surface area contributed by atoms with E-state index in [-0.39, 0.29) is 5.41 Å². The zero-order valence-electron chi connectivity index (χ0n) is 10.5. The zero-order valence-corrected chi connectivity index (χ0v) is 10.5. The molecule has 0 aromatic carbocycles. The molecule has 0 spiro atoms. The van der Waals surface area contributed by atoms with Crippen LogP contribution in [0, 0.1) is 0 Å². The lowest BCUT2D eigenvalue weighted by Crippen LogP contribution is -2.27. The van der Waals surface area contributed by atoms with Gasteiger partial charge in [0.2, 0.25) is 0 Å². The molecular formula is C13H21N3. The Morgan fingerprint density at radius 3 is 3.06 bits per heavy atom. The minimum absolute atomic E-state index is 0.256. The fourth-order valence-electron chi connectivity index (χ4n) is 2.29. The summed E-state index contributed by atoms with van der Waals surface area (Å²) >= 11 is 0. The molecule has 2 rings (SSSR count). The summed E-state index contributed by atoms with van der Waals surface area (Å²) in [7, 11) is 0. The first-order valence-corrected chi connectivity index (χ1v) is 5.96. The lowest BCUT2D eigenvalue weighted by Gasteiger charge is -2.23. The third kappa shape index (κ3) is 2.19. The lowest BCUT2D eigenvalue weighted by molar-refractivity contribution is 0.482. The van der Waals surface area contributed by atoms with Crippen molar-refractivity contribution in [3.8, 4) is 0 Å². The zero-order chi connectivity index (χ0) is 11.6. The van der Waals surface area contributed by atoms with Gasteiger partial charge >= 0.3 is 0 Å². The van der Waals surface area contributed by atoms with E-state index in [0.29, 0.717) is 0 Å². The van der Waals surface area contributed by atoms with Crippen LogP contribution in [0.15, 0.2) is 24.2 Å². The van der Waals surface area contributed by atoms with Gasteiger partial charge in [-0.1, -0.05) is 18.6 Å². The highest BCUT2D eigenvalue weighted by atomic mass is 15.1. The molecule has 1 aliphatic rings. The largest absolute Gasteiger partial charge is 0.330 e. The van der Waals surface area contributed by atoms with E-state index in [9.17, 15) is 0 Å². The number of aromatic nitrogens is 2. The molecule has 2 heterocycles. The van der Waals surface area contributed by atoms with E-state index in [1.54, 1.807) is 0 Å². The molecule has 3 heteroatoms. The molecule has 3 nitrogen and oxygen atoms in total. The second-order valence-electron chi connectivity index (χ2n) is 5.20. The average molecular weight is 219 g/mol. The van der Waals surface area contributed by atoms with Crippen LogP contribution in [-0.4, -0.2) is 22.6 Å². The molecule has 1 saturated heterocycles. The summed E-state index contributed by atoms with van der Waals surface area (Å²) in [5, 5.41) is 3.44. The van der Waals surface area contributed by atoms with Gasteiger partial charge in [-0.25, -0.2) is 4.98 Å². The van der Waals surface area contributed by atoms with Crippen LogP contribution in [0.1, 0.15) is 32.9 Å². The Morgan fingerprint density at radius 1 is 1.62 bits per heavy atom. The van der Waals surface area contributed by atoms with Crippen molar-refractivity contribution >= 4 is 0 Å². The molecule has 16 heavy (non-hydrogen) atoms. The Labute approximate surface area is 97.6 Å². The minimum Gasteiger partial charge on any atom is -0.330 e. The predicted molar refractivity (Wildman–Crippen MR) is 66.5 cm³/mol. The molecule has 1 N–H and O–H groups in total. The Bertz CT molecular complexity index is 380. The number of nitrogens with zero attached hydrogens (tertiary/aromatic N) is 2. The first-order chi connectivity index (χ1) is 7.62. The van der Waals surface area contributed by atoms with Crippen molar-refractivity contribution in [2.45, 2.75) is 39.2 Å². The summed E-state index contributed by atoms with van der Waals surface area (Å²) in [5.74, 6) is 0. The highest BCUT2D eigenvalue weighted by molar-refractivity contribution is 5.18. The summed E-state index contributed by atoms with van der Waals surface area (Å²) in [5.41, 5.74) is 2.97. The second-order valence-corrected chi connectivity index (χ2v) is 5.20. The van der Waals surface area contributed by atoms with E-state index in [1.807, 2.05) is 12.5 Å². The Morgan fingerprint density at radius 2 is 2.44 bits per heavy atom. The summed E-state index contributed by atoms with van der Waals surface area (Å²) in [6.07, 6.45) is 7.41. The van der Waals surface area contributed by atoms with Gasteiger partial charge in [-0.15, -0.1) is 0 Å². The predicted octanol–water partition coefficient (Wildman–Crippen LogP) is 2.10. The molecule has 0 amide bonds. The maximum Gasteiger partial charge on any atom is 0.0951 e. The van der Waals surface area contributed by atoms with Crippen LogP contribution in [-0.2, 0) is 12.0 Å². The van der Waals surface area contributed by atoms with E-state index in [1.165, 1.54) is 17.7 Å². The smallest absolute Gasteiger partial charge is 0.0951 e. The SMILES string of the molecule is CC(C)=CCn1cncc1C1(C)CCNC1. The number of hydrogen-bond acceptors (Lipinski definition) is 2. The third-order valence-electron chi connectivity index (χ3n) is 3.40.